The molecule has 0 fully saturated rings. The molecule has 0 aliphatic carbocycles. The second kappa shape index (κ2) is 6.30. The molecule has 0 saturated carbocycles. The van der Waals surface area contributed by atoms with Gasteiger partial charge < -0.3 is 5.32 Å². The molecule has 1 heterocycles. The van der Waals surface area contributed by atoms with E-state index in [9.17, 15) is 13.6 Å². The number of aromatic nitrogens is 2. The van der Waals surface area contributed by atoms with Crippen LogP contribution in [0.25, 0.3) is 6.08 Å². The fourth-order valence-corrected chi connectivity index (χ4v) is 1.87. The van der Waals surface area contributed by atoms with Crippen LogP contribution < -0.4 is 5.32 Å². The highest BCUT2D eigenvalue weighted by Crippen LogP contribution is 2.13. The van der Waals surface area contributed by atoms with Crippen molar-refractivity contribution in [2.45, 2.75) is 20.4 Å². The van der Waals surface area contributed by atoms with E-state index < -0.39 is 17.5 Å². The van der Waals surface area contributed by atoms with Gasteiger partial charge in [-0.3, -0.25) is 9.48 Å². The molecule has 0 unspecified atom stereocenters. The summed E-state index contributed by atoms with van der Waals surface area (Å²) in [4.78, 5) is 11.7. The van der Waals surface area contributed by atoms with Crippen LogP contribution in [0.15, 0.2) is 30.5 Å². The van der Waals surface area contributed by atoms with E-state index in [1.807, 2.05) is 18.5 Å². The second-order valence-electron chi connectivity index (χ2n) is 4.45. The fourth-order valence-electron chi connectivity index (χ4n) is 1.87. The van der Waals surface area contributed by atoms with Crippen LogP contribution in [0.3, 0.4) is 0 Å². The van der Waals surface area contributed by atoms with Crippen LogP contribution in [0.5, 0.6) is 0 Å². The van der Waals surface area contributed by atoms with Crippen molar-refractivity contribution in [2.24, 2.45) is 0 Å². The van der Waals surface area contributed by atoms with E-state index in [1.54, 1.807) is 12.3 Å². The summed E-state index contributed by atoms with van der Waals surface area (Å²) >= 11 is 0. The average molecular weight is 291 g/mol. The van der Waals surface area contributed by atoms with Crippen molar-refractivity contribution in [2.75, 3.05) is 5.32 Å². The van der Waals surface area contributed by atoms with Gasteiger partial charge in [0.25, 0.3) is 0 Å². The summed E-state index contributed by atoms with van der Waals surface area (Å²) < 4.78 is 27.6. The minimum atomic E-state index is -1.00. The highest BCUT2D eigenvalue weighted by molar-refractivity contribution is 6.01. The summed E-state index contributed by atoms with van der Waals surface area (Å²) in [6, 6.07) is 3.19. The molecule has 0 bridgehead atoms. The van der Waals surface area contributed by atoms with Gasteiger partial charge >= 0.3 is 0 Å². The van der Waals surface area contributed by atoms with Crippen molar-refractivity contribution in [1.82, 2.24) is 9.78 Å². The number of carbonyl (C=O) groups excluding carboxylic acids is 1. The second-order valence-corrected chi connectivity index (χ2v) is 4.45. The lowest BCUT2D eigenvalue weighted by atomic mass is 10.2. The Labute approximate surface area is 121 Å². The summed E-state index contributed by atoms with van der Waals surface area (Å²) in [5.74, 6) is -2.38. The van der Waals surface area contributed by atoms with Crippen molar-refractivity contribution in [3.8, 4) is 0 Å². The number of hydrogen-bond donors (Lipinski definition) is 1. The molecular weight excluding hydrogens is 276 g/mol. The molecule has 1 N–H and O–H groups in total. The van der Waals surface area contributed by atoms with Gasteiger partial charge in [-0.05, 0) is 32.1 Å². The zero-order valence-electron chi connectivity index (χ0n) is 11.7. The first-order chi connectivity index (χ1) is 10.0. The van der Waals surface area contributed by atoms with Gasteiger partial charge in [-0.15, -0.1) is 0 Å². The molecule has 1 aromatic carbocycles. The monoisotopic (exact) mass is 291 g/mol. The summed E-state index contributed by atoms with van der Waals surface area (Å²) in [5.41, 5.74) is 1.98. The van der Waals surface area contributed by atoms with Crippen LogP contribution >= 0.6 is 0 Å². The molecule has 0 aliphatic rings. The van der Waals surface area contributed by atoms with Crippen molar-refractivity contribution >= 4 is 17.7 Å². The summed E-state index contributed by atoms with van der Waals surface area (Å²) in [6.07, 6.45) is 4.62. The van der Waals surface area contributed by atoms with E-state index in [4.69, 9.17) is 0 Å². The lowest BCUT2D eigenvalue weighted by Crippen LogP contribution is -2.08. The maximum absolute atomic E-state index is 13.0. The standard InChI is InChI=1S/C15H15F2N3O/c1-3-20-10(2)11(9-18-20)4-7-15(21)19-12-5-6-13(16)14(17)8-12/h4-9H,3H2,1-2H3,(H,19,21). The summed E-state index contributed by atoms with van der Waals surface area (Å²) in [6.45, 7) is 4.63. The minimum Gasteiger partial charge on any atom is -0.322 e. The minimum absolute atomic E-state index is 0.199. The zero-order chi connectivity index (χ0) is 15.4. The highest BCUT2D eigenvalue weighted by Gasteiger charge is 2.05. The summed E-state index contributed by atoms with van der Waals surface area (Å²) in [7, 11) is 0. The molecule has 0 radical (unpaired) electrons. The van der Waals surface area contributed by atoms with E-state index in [0.717, 1.165) is 29.9 Å². The average Bonchev–Trinajstić information content (AvgIpc) is 2.81. The predicted octanol–water partition coefficient (Wildman–Crippen LogP) is 3.14. The smallest absolute Gasteiger partial charge is 0.248 e. The topological polar surface area (TPSA) is 46.9 Å². The first-order valence-corrected chi connectivity index (χ1v) is 6.47. The fraction of sp³-hybridized carbons (Fsp3) is 0.200. The zero-order valence-corrected chi connectivity index (χ0v) is 11.7. The molecule has 1 aromatic heterocycles. The van der Waals surface area contributed by atoms with E-state index >= 15 is 0 Å². The maximum atomic E-state index is 13.0. The van der Waals surface area contributed by atoms with Gasteiger partial charge in [-0.2, -0.15) is 5.10 Å². The molecular formula is C15H15F2N3O. The Morgan fingerprint density at radius 1 is 1.38 bits per heavy atom. The third-order valence-electron chi connectivity index (χ3n) is 3.04. The number of rotatable bonds is 4. The number of nitrogens with one attached hydrogen (secondary N) is 1. The van der Waals surface area contributed by atoms with E-state index in [-0.39, 0.29) is 5.69 Å². The molecule has 2 rings (SSSR count). The third-order valence-corrected chi connectivity index (χ3v) is 3.04. The van der Waals surface area contributed by atoms with Crippen molar-refractivity contribution in [3.63, 3.8) is 0 Å². The van der Waals surface area contributed by atoms with Gasteiger partial charge in [0, 0.05) is 35.6 Å². The Morgan fingerprint density at radius 3 is 2.76 bits per heavy atom. The number of halogens is 2. The Morgan fingerprint density at radius 2 is 2.14 bits per heavy atom. The highest BCUT2D eigenvalue weighted by atomic mass is 19.2. The van der Waals surface area contributed by atoms with Crippen LogP contribution in [-0.2, 0) is 11.3 Å². The number of benzene rings is 1. The van der Waals surface area contributed by atoms with Crippen molar-refractivity contribution in [3.05, 3.63) is 53.4 Å². The number of aryl methyl sites for hydroxylation is 1. The Kier molecular flexibility index (Phi) is 4.47. The van der Waals surface area contributed by atoms with Crippen LogP contribution in [0.2, 0.25) is 0 Å². The van der Waals surface area contributed by atoms with E-state index in [0.29, 0.717) is 0 Å². The molecule has 1 amide bonds. The van der Waals surface area contributed by atoms with Gasteiger partial charge in [0.2, 0.25) is 5.91 Å². The Balaban J connectivity index is 2.05. The van der Waals surface area contributed by atoms with Crippen molar-refractivity contribution < 1.29 is 13.6 Å². The van der Waals surface area contributed by atoms with Crippen molar-refractivity contribution in [1.29, 1.82) is 0 Å². The van der Waals surface area contributed by atoms with Gasteiger partial charge in [0.15, 0.2) is 11.6 Å². The maximum Gasteiger partial charge on any atom is 0.248 e. The van der Waals surface area contributed by atoms with Gasteiger partial charge in [-0.1, -0.05) is 0 Å². The van der Waals surface area contributed by atoms with E-state index in [1.165, 1.54) is 12.1 Å². The molecule has 0 atom stereocenters. The molecule has 0 saturated heterocycles. The van der Waals surface area contributed by atoms with E-state index in [2.05, 4.69) is 10.4 Å². The Hall–Kier alpha value is -2.50. The lowest BCUT2D eigenvalue weighted by molar-refractivity contribution is -0.111. The lowest BCUT2D eigenvalue weighted by Gasteiger charge is -2.02. The van der Waals surface area contributed by atoms with Crippen LogP contribution in [-0.4, -0.2) is 15.7 Å². The molecule has 21 heavy (non-hydrogen) atoms. The third kappa shape index (κ3) is 3.53. The van der Waals surface area contributed by atoms with Crippen LogP contribution in [0.4, 0.5) is 14.5 Å². The number of nitrogens with zero attached hydrogens (tertiary/aromatic N) is 2. The quantitative estimate of drug-likeness (QED) is 0.880. The largest absolute Gasteiger partial charge is 0.322 e. The van der Waals surface area contributed by atoms with Crippen LogP contribution in [0.1, 0.15) is 18.2 Å². The van der Waals surface area contributed by atoms with Gasteiger partial charge in [0.05, 0.1) is 6.20 Å². The molecule has 2 aromatic rings. The van der Waals surface area contributed by atoms with Gasteiger partial charge in [-0.25, -0.2) is 8.78 Å². The SMILES string of the molecule is CCn1ncc(C=CC(=O)Nc2ccc(F)c(F)c2)c1C. The van der Waals surface area contributed by atoms with Gasteiger partial charge in [0.1, 0.15) is 0 Å². The predicted molar refractivity (Wildman–Crippen MR) is 76.7 cm³/mol. The Bertz CT molecular complexity index is 692. The normalized spacial score (nSPS) is 11.0. The number of anilines is 1. The van der Waals surface area contributed by atoms with Crippen LogP contribution in [0, 0.1) is 18.6 Å². The molecule has 4 nitrogen and oxygen atoms in total. The molecule has 0 aliphatic heterocycles. The number of amides is 1. The summed E-state index contributed by atoms with van der Waals surface area (Å²) in [5, 5.41) is 6.62. The first-order valence-electron chi connectivity index (χ1n) is 6.47. The number of hydrogen-bond acceptors (Lipinski definition) is 2. The molecule has 0 spiro atoms. The molecule has 6 heteroatoms. The molecule has 110 valence electrons. The first kappa shape index (κ1) is 14.9. The number of carbonyl (C=O) groups is 1.